The third kappa shape index (κ3) is 9.59. The maximum atomic E-state index is 2.75. The van der Waals surface area contributed by atoms with Crippen molar-refractivity contribution >= 4 is 137 Å². The molecular weight excluding hydrogens is 1210 g/mol. The molecule has 0 aliphatic carbocycles. The summed E-state index contributed by atoms with van der Waals surface area (Å²) in [6.45, 7) is 13.9. The Morgan fingerprint density at radius 2 is 0.633 bits per heavy atom. The highest BCUT2D eigenvalue weighted by Crippen LogP contribution is 2.49. The van der Waals surface area contributed by atoms with Crippen LogP contribution < -0.4 is 67.7 Å². The van der Waals surface area contributed by atoms with Gasteiger partial charge in [0.2, 0.25) is 0 Å². The first kappa shape index (κ1) is 60.6. The summed E-state index contributed by atoms with van der Waals surface area (Å²) < 4.78 is 2.61. The van der Waals surface area contributed by atoms with Crippen LogP contribution in [0.4, 0.5) is 34.1 Å². The molecule has 470 valence electrons. The number of nitrogens with zero attached hydrogens (tertiary/aromatic N) is 3. The second-order valence-electron chi connectivity index (χ2n) is 28.7. The molecule has 98 heavy (non-hydrogen) atoms. The van der Waals surface area contributed by atoms with Crippen LogP contribution in [0.25, 0.3) is 38.6 Å². The molecule has 17 rings (SSSR count). The Hall–Kier alpha value is -11.0. The van der Waals surface area contributed by atoms with E-state index in [-0.39, 0.29) is 17.5 Å². The van der Waals surface area contributed by atoms with Gasteiger partial charge in [0.05, 0.1) is 16.7 Å². The van der Waals surface area contributed by atoms with E-state index in [1.165, 1.54) is 108 Å². The van der Waals surface area contributed by atoms with Crippen LogP contribution in [0.2, 0.25) is 0 Å². The van der Waals surface area contributed by atoms with E-state index in [1.54, 1.807) is 0 Å². The summed E-state index contributed by atoms with van der Waals surface area (Å²) in [5.41, 5.74) is 19.0. The van der Waals surface area contributed by atoms with E-state index in [0.29, 0.717) is 0 Å². The lowest BCUT2D eigenvalue weighted by atomic mass is 9.33. The van der Waals surface area contributed by atoms with Crippen LogP contribution in [0.3, 0.4) is 0 Å². The van der Waals surface area contributed by atoms with Gasteiger partial charge in [-0.15, -0.1) is 0 Å². The van der Waals surface area contributed by atoms with Gasteiger partial charge >= 0.3 is 0 Å². The third-order valence-corrected chi connectivity index (χ3v) is 30.8. The molecule has 3 heterocycles. The summed E-state index contributed by atoms with van der Waals surface area (Å²) >= 11 is 0. The van der Waals surface area contributed by atoms with Gasteiger partial charge in [-0.25, -0.2) is 0 Å². The van der Waals surface area contributed by atoms with Crippen molar-refractivity contribution in [2.75, 3.05) is 9.80 Å². The molecule has 0 unspecified atom stereocenters. The molecule has 1 aromatic heterocycles. The number of benzene rings is 14. The van der Waals surface area contributed by atoms with Gasteiger partial charge in [0.15, 0.2) is 16.1 Å². The molecule has 0 radical (unpaired) electrons. The lowest BCUT2D eigenvalue weighted by molar-refractivity contribution is 0.590. The van der Waals surface area contributed by atoms with Gasteiger partial charge < -0.3 is 14.4 Å². The fourth-order valence-corrected chi connectivity index (χ4v) is 26.6. The highest BCUT2D eigenvalue weighted by Gasteiger charge is 2.50. The molecule has 0 fully saturated rings. The quantitative estimate of drug-likeness (QED) is 0.0892. The van der Waals surface area contributed by atoms with E-state index in [4.69, 9.17) is 0 Å². The standard InChI is InChI=1S/C92H76BN3Si2/c1-91(2,3)66-57-59-80-76(61-66)77-62-67(92(4,5)6)58-60-81(77)94(80)68-63-85-89-86(64-68)96(84-54-31-33-56-88(84)98(72-43-22-11-23-44-72,73-45-24-12-25-46-73)74-47-26-13-27-48-74)90-75(65-35-14-7-15-36-65)49-34-51-79(90)93(89)78-50-28-29-52-82(78)95(85)83-53-30-32-55-87(83)97(69-37-16-8-17-38-69,70-39-18-9-19-40-70)71-41-20-10-21-42-71/h7-64H,1-6H3. The molecule has 0 N–H and O–H groups in total. The van der Waals surface area contributed by atoms with Crippen molar-refractivity contribution in [2.45, 2.75) is 52.4 Å². The highest BCUT2D eigenvalue weighted by molar-refractivity contribution is 7.21. The van der Waals surface area contributed by atoms with Crippen LogP contribution in [0, 0.1) is 0 Å². The zero-order chi connectivity index (χ0) is 66.3. The van der Waals surface area contributed by atoms with E-state index < -0.39 is 16.1 Å². The predicted octanol–water partition coefficient (Wildman–Crippen LogP) is 15.9. The average molecular weight is 1290 g/mol. The number of hydrogen-bond donors (Lipinski definition) is 0. The van der Waals surface area contributed by atoms with Gasteiger partial charge in [-0.1, -0.05) is 339 Å². The van der Waals surface area contributed by atoms with E-state index in [1.807, 2.05) is 0 Å². The smallest absolute Gasteiger partial charge is 0.252 e. The molecule has 14 aromatic carbocycles. The first-order valence-electron chi connectivity index (χ1n) is 34.6. The fourth-order valence-electron chi connectivity index (χ4n) is 16.7. The van der Waals surface area contributed by atoms with E-state index in [9.17, 15) is 0 Å². The molecule has 6 heteroatoms. The zero-order valence-corrected chi connectivity index (χ0v) is 58.4. The number of aromatic nitrogens is 1. The molecule has 0 saturated heterocycles. The van der Waals surface area contributed by atoms with Crippen LogP contribution in [-0.2, 0) is 10.8 Å². The number of hydrogen-bond acceptors (Lipinski definition) is 2. The number of anilines is 6. The Labute approximate surface area is 579 Å². The molecule has 0 bridgehead atoms. The average Bonchev–Trinajstić information content (AvgIpc) is 0.760. The van der Waals surface area contributed by atoms with Crippen LogP contribution in [0.5, 0.6) is 0 Å². The number of para-hydroxylation sites is 4. The SMILES string of the molecule is CC(C)(C)c1ccc2c(c1)c1cc(C(C)(C)C)ccc1n2-c1cc2c3c(c1)N(c1ccccc1[Si](c1ccccc1)(c1ccccc1)c1ccccc1)c1c(cccc1-c1ccccc1)B3c1ccccc1N2c1ccccc1[Si](c1ccccc1)(c1ccccc1)c1ccccc1. The Bertz CT molecular complexity index is 5210. The van der Waals surface area contributed by atoms with Crippen molar-refractivity contribution in [3.8, 4) is 16.8 Å². The van der Waals surface area contributed by atoms with Gasteiger partial charge in [-0.05, 0) is 140 Å². The Kier molecular flexibility index (Phi) is 14.8. The normalized spacial score (nSPS) is 12.9. The maximum absolute atomic E-state index is 3.28. The summed E-state index contributed by atoms with van der Waals surface area (Å²) in [4.78, 5) is 5.46. The van der Waals surface area contributed by atoms with Crippen molar-refractivity contribution in [1.82, 2.24) is 4.57 Å². The van der Waals surface area contributed by atoms with Crippen LogP contribution in [0.15, 0.2) is 352 Å². The molecule has 3 nitrogen and oxygen atoms in total. The number of rotatable bonds is 12. The van der Waals surface area contributed by atoms with Crippen molar-refractivity contribution in [3.63, 3.8) is 0 Å². The van der Waals surface area contributed by atoms with Crippen molar-refractivity contribution in [2.24, 2.45) is 0 Å². The number of fused-ring (bicyclic) bond motifs is 7. The first-order chi connectivity index (χ1) is 47.9. The molecule has 0 amide bonds. The monoisotopic (exact) mass is 1290 g/mol. The minimum Gasteiger partial charge on any atom is -0.311 e. The van der Waals surface area contributed by atoms with E-state index in [2.05, 4.69) is 408 Å². The second kappa shape index (κ2) is 24.0. The lowest BCUT2D eigenvalue weighted by Gasteiger charge is -2.47. The van der Waals surface area contributed by atoms with E-state index >= 15 is 0 Å². The van der Waals surface area contributed by atoms with Crippen molar-refractivity contribution < 1.29 is 0 Å². The maximum Gasteiger partial charge on any atom is 0.252 e. The van der Waals surface area contributed by atoms with Crippen molar-refractivity contribution in [1.29, 1.82) is 0 Å². The Morgan fingerprint density at radius 3 is 1.05 bits per heavy atom. The summed E-state index contributed by atoms with van der Waals surface area (Å²) in [6.07, 6.45) is 0. The topological polar surface area (TPSA) is 11.4 Å². The van der Waals surface area contributed by atoms with Crippen LogP contribution in [0.1, 0.15) is 52.7 Å². The summed E-state index contributed by atoms with van der Waals surface area (Å²) in [5, 5.41) is 13.1. The van der Waals surface area contributed by atoms with Gasteiger partial charge in [0.25, 0.3) is 6.71 Å². The minimum absolute atomic E-state index is 0.0795. The van der Waals surface area contributed by atoms with Gasteiger partial charge in [-0.2, -0.15) is 0 Å². The molecular formula is C92H76BN3Si2. The van der Waals surface area contributed by atoms with Crippen LogP contribution >= 0.6 is 0 Å². The Morgan fingerprint density at radius 1 is 0.286 bits per heavy atom. The van der Waals surface area contributed by atoms with Crippen LogP contribution in [-0.4, -0.2) is 27.4 Å². The van der Waals surface area contributed by atoms with Crippen molar-refractivity contribution in [3.05, 3.63) is 363 Å². The summed E-state index contributed by atoms with van der Waals surface area (Å²) in [7, 11) is -6.50. The molecule has 15 aromatic rings. The van der Waals surface area contributed by atoms with Gasteiger partial charge in [0, 0.05) is 50.5 Å². The van der Waals surface area contributed by atoms with E-state index in [0.717, 1.165) is 34.1 Å². The second-order valence-corrected chi connectivity index (χ2v) is 36.2. The molecule has 2 aliphatic heterocycles. The molecule has 0 saturated carbocycles. The zero-order valence-electron chi connectivity index (χ0n) is 56.4. The summed E-state index contributed by atoms with van der Waals surface area (Å²) in [6, 6.07) is 135. The first-order valence-corrected chi connectivity index (χ1v) is 38.6. The Balaban J connectivity index is 1.07. The predicted molar refractivity (Wildman–Crippen MR) is 425 cm³/mol. The largest absolute Gasteiger partial charge is 0.311 e. The molecule has 0 spiro atoms. The lowest BCUT2D eigenvalue weighted by Crippen LogP contribution is -2.75. The third-order valence-electron chi connectivity index (χ3n) is 21.2. The minimum atomic E-state index is -3.28. The fraction of sp³-hybridized carbons (Fsp3) is 0.0870. The highest BCUT2D eigenvalue weighted by atomic mass is 28.3. The molecule has 2 aliphatic rings. The summed E-state index contributed by atoms with van der Waals surface area (Å²) in [5.74, 6) is 0. The molecule has 0 atom stereocenters. The van der Waals surface area contributed by atoms with Gasteiger partial charge in [-0.3, -0.25) is 0 Å². The van der Waals surface area contributed by atoms with Gasteiger partial charge in [0.1, 0.15) is 0 Å².